The maximum Gasteiger partial charge on any atom is 0.166 e. The van der Waals surface area contributed by atoms with Crippen LogP contribution in [-0.2, 0) is 0 Å². The average Bonchev–Trinajstić information content (AvgIpc) is 2.78. The van der Waals surface area contributed by atoms with Gasteiger partial charge < -0.3 is 10.6 Å². The summed E-state index contributed by atoms with van der Waals surface area (Å²) in [7, 11) is 0. The second-order valence-electron chi connectivity index (χ2n) is 5.54. The Labute approximate surface area is 121 Å². The van der Waals surface area contributed by atoms with Crippen LogP contribution in [0.25, 0.3) is 0 Å². The first-order valence-corrected chi connectivity index (χ1v) is 8.92. The Hall–Kier alpha value is 0.0400. The van der Waals surface area contributed by atoms with Crippen LogP contribution in [0.5, 0.6) is 0 Å². The molecule has 2 atom stereocenters. The summed E-state index contributed by atoms with van der Waals surface area (Å²) >= 11 is 7.55. The first kappa shape index (κ1) is 14.4. The summed E-state index contributed by atoms with van der Waals surface area (Å²) in [6.45, 7) is 2.25. The largest absolute Gasteiger partial charge is 0.360 e. The number of thiocarbonyl (C=S) groups is 1. The SMILES string of the molecule is CCSC1CCC(NC(=S)NC2CCCCC2)C1. The highest BCUT2D eigenvalue weighted by atomic mass is 32.2. The highest BCUT2D eigenvalue weighted by molar-refractivity contribution is 7.99. The first-order valence-electron chi connectivity index (χ1n) is 7.46. The molecule has 2 rings (SSSR count). The van der Waals surface area contributed by atoms with Gasteiger partial charge in [-0.15, -0.1) is 0 Å². The number of thioether (sulfide) groups is 1. The third kappa shape index (κ3) is 4.61. The van der Waals surface area contributed by atoms with Crippen molar-refractivity contribution in [3.8, 4) is 0 Å². The fourth-order valence-corrected chi connectivity index (χ4v) is 4.59. The smallest absolute Gasteiger partial charge is 0.166 e. The fourth-order valence-electron chi connectivity index (χ4n) is 3.12. The van der Waals surface area contributed by atoms with Crippen LogP contribution in [-0.4, -0.2) is 28.2 Å². The summed E-state index contributed by atoms with van der Waals surface area (Å²) < 4.78 is 0. The van der Waals surface area contributed by atoms with Crippen LogP contribution < -0.4 is 10.6 Å². The molecule has 0 aromatic rings. The van der Waals surface area contributed by atoms with Crippen LogP contribution >= 0.6 is 24.0 Å². The van der Waals surface area contributed by atoms with Gasteiger partial charge in [-0.3, -0.25) is 0 Å². The highest BCUT2D eigenvalue weighted by Gasteiger charge is 2.25. The topological polar surface area (TPSA) is 24.1 Å². The van der Waals surface area contributed by atoms with Crippen LogP contribution in [0.4, 0.5) is 0 Å². The van der Waals surface area contributed by atoms with Gasteiger partial charge in [0.2, 0.25) is 0 Å². The van der Waals surface area contributed by atoms with E-state index in [2.05, 4.69) is 29.3 Å². The third-order valence-corrected chi connectivity index (χ3v) is 5.53. The normalized spacial score (nSPS) is 29.2. The fraction of sp³-hybridized carbons (Fsp3) is 0.929. The Bertz CT molecular complexity index is 265. The lowest BCUT2D eigenvalue weighted by molar-refractivity contribution is 0.410. The molecule has 0 bridgehead atoms. The predicted molar refractivity (Wildman–Crippen MR) is 85.3 cm³/mol. The van der Waals surface area contributed by atoms with Gasteiger partial charge in [0.15, 0.2) is 5.11 Å². The van der Waals surface area contributed by atoms with Crippen LogP contribution in [0, 0.1) is 0 Å². The molecule has 2 aliphatic carbocycles. The standard InChI is InChI=1S/C14H26N2S2/c1-2-18-13-9-8-12(10-13)16-14(17)15-11-6-4-3-5-7-11/h11-13H,2-10H2,1H3,(H2,15,16,17). The minimum atomic E-state index is 0.609. The molecule has 0 radical (unpaired) electrons. The van der Waals surface area contributed by atoms with E-state index in [9.17, 15) is 0 Å². The number of hydrogen-bond acceptors (Lipinski definition) is 2. The minimum Gasteiger partial charge on any atom is -0.360 e. The second-order valence-corrected chi connectivity index (χ2v) is 7.53. The molecule has 0 heterocycles. The van der Waals surface area contributed by atoms with Crippen molar-refractivity contribution in [2.75, 3.05) is 5.75 Å². The van der Waals surface area contributed by atoms with E-state index < -0.39 is 0 Å². The summed E-state index contributed by atoms with van der Waals surface area (Å²) in [6.07, 6.45) is 10.6. The van der Waals surface area contributed by atoms with Gasteiger partial charge in [-0.2, -0.15) is 11.8 Å². The number of nitrogens with one attached hydrogen (secondary N) is 2. The molecule has 0 aliphatic heterocycles. The Morgan fingerprint density at radius 1 is 1.06 bits per heavy atom. The van der Waals surface area contributed by atoms with Crippen molar-refractivity contribution in [1.82, 2.24) is 10.6 Å². The lowest BCUT2D eigenvalue weighted by Crippen LogP contribution is -2.46. The van der Waals surface area contributed by atoms with Crippen molar-refractivity contribution < 1.29 is 0 Å². The molecule has 2 aliphatic rings. The predicted octanol–water partition coefficient (Wildman–Crippen LogP) is 3.46. The lowest BCUT2D eigenvalue weighted by Gasteiger charge is -2.25. The Balaban J connectivity index is 1.65. The summed E-state index contributed by atoms with van der Waals surface area (Å²) in [4.78, 5) is 0. The molecule has 2 unspecified atom stereocenters. The molecule has 4 heteroatoms. The number of hydrogen-bond donors (Lipinski definition) is 2. The van der Waals surface area contributed by atoms with Gasteiger partial charge in [-0.1, -0.05) is 26.2 Å². The van der Waals surface area contributed by atoms with E-state index in [0.717, 1.165) is 10.4 Å². The highest BCUT2D eigenvalue weighted by Crippen LogP contribution is 2.29. The summed E-state index contributed by atoms with van der Waals surface area (Å²) in [5, 5.41) is 8.78. The van der Waals surface area contributed by atoms with E-state index in [4.69, 9.17) is 12.2 Å². The van der Waals surface area contributed by atoms with Crippen LogP contribution in [0.3, 0.4) is 0 Å². The Morgan fingerprint density at radius 2 is 1.78 bits per heavy atom. The molecule has 0 aromatic heterocycles. The van der Waals surface area contributed by atoms with E-state index in [1.54, 1.807) is 0 Å². The van der Waals surface area contributed by atoms with Crippen molar-refractivity contribution in [2.24, 2.45) is 0 Å². The quantitative estimate of drug-likeness (QED) is 0.773. The van der Waals surface area contributed by atoms with E-state index >= 15 is 0 Å². The van der Waals surface area contributed by atoms with E-state index in [1.807, 2.05) is 0 Å². The van der Waals surface area contributed by atoms with Crippen molar-refractivity contribution in [2.45, 2.75) is 75.6 Å². The third-order valence-electron chi connectivity index (χ3n) is 4.06. The molecule has 0 saturated heterocycles. The summed E-state index contributed by atoms with van der Waals surface area (Å²) in [5.74, 6) is 1.24. The van der Waals surface area contributed by atoms with Gasteiger partial charge in [0, 0.05) is 17.3 Å². The van der Waals surface area contributed by atoms with Crippen molar-refractivity contribution in [3.63, 3.8) is 0 Å². The van der Waals surface area contributed by atoms with Crippen molar-refractivity contribution in [1.29, 1.82) is 0 Å². The number of rotatable bonds is 4. The van der Waals surface area contributed by atoms with Crippen molar-refractivity contribution >= 4 is 29.1 Å². The summed E-state index contributed by atoms with van der Waals surface area (Å²) in [5.41, 5.74) is 0. The second kappa shape index (κ2) is 7.59. The maximum absolute atomic E-state index is 5.45. The maximum atomic E-state index is 5.45. The van der Waals surface area contributed by atoms with Crippen LogP contribution in [0.1, 0.15) is 58.3 Å². The molecule has 18 heavy (non-hydrogen) atoms. The molecule has 2 fully saturated rings. The average molecular weight is 287 g/mol. The van der Waals surface area contributed by atoms with Crippen molar-refractivity contribution in [3.05, 3.63) is 0 Å². The molecule has 104 valence electrons. The Morgan fingerprint density at radius 3 is 2.50 bits per heavy atom. The van der Waals surface area contributed by atoms with Crippen LogP contribution in [0.15, 0.2) is 0 Å². The zero-order chi connectivity index (χ0) is 12.8. The van der Waals surface area contributed by atoms with E-state index in [0.29, 0.717) is 12.1 Å². The first-order chi connectivity index (χ1) is 8.78. The minimum absolute atomic E-state index is 0.609. The Kier molecular flexibility index (Phi) is 6.09. The molecule has 2 N–H and O–H groups in total. The molecular formula is C14H26N2S2. The van der Waals surface area contributed by atoms with Gasteiger partial charge >= 0.3 is 0 Å². The molecule has 0 aromatic carbocycles. The zero-order valence-electron chi connectivity index (χ0n) is 11.4. The van der Waals surface area contributed by atoms with Gasteiger partial charge in [0.25, 0.3) is 0 Å². The van der Waals surface area contributed by atoms with Gasteiger partial charge in [0.05, 0.1) is 0 Å². The monoisotopic (exact) mass is 286 g/mol. The summed E-state index contributed by atoms with van der Waals surface area (Å²) in [6, 6.07) is 1.23. The lowest BCUT2D eigenvalue weighted by atomic mass is 9.96. The molecule has 0 spiro atoms. The van der Waals surface area contributed by atoms with Gasteiger partial charge in [0.1, 0.15) is 0 Å². The van der Waals surface area contributed by atoms with Crippen LogP contribution in [0.2, 0.25) is 0 Å². The molecule has 2 nitrogen and oxygen atoms in total. The molecule has 0 amide bonds. The molecular weight excluding hydrogens is 260 g/mol. The zero-order valence-corrected chi connectivity index (χ0v) is 13.0. The van der Waals surface area contributed by atoms with Gasteiger partial charge in [-0.05, 0) is 50.1 Å². The van der Waals surface area contributed by atoms with Gasteiger partial charge in [-0.25, -0.2) is 0 Å². The molecule has 2 saturated carbocycles. The van der Waals surface area contributed by atoms with E-state index in [1.165, 1.54) is 57.1 Å². The van der Waals surface area contributed by atoms with E-state index in [-0.39, 0.29) is 0 Å².